The van der Waals surface area contributed by atoms with Gasteiger partial charge in [-0.1, -0.05) is 0 Å². The molecule has 0 spiro atoms. The molecule has 0 bridgehead atoms. The molecular weight excluding hydrogens is 240 g/mol. The zero-order valence-electron chi connectivity index (χ0n) is 10.1. The van der Waals surface area contributed by atoms with Crippen LogP contribution in [0.2, 0.25) is 0 Å². The molecule has 0 aliphatic rings. The molecule has 0 aliphatic heterocycles. The molecule has 1 rings (SSSR count). The lowest BCUT2D eigenvalue weighted by Crippen LogP contribution is -2.29. The van der Waals surface area contributed by atoms with E-state index < -0.39 is 21.5 Å². The van der Waals surface area contributed by atoms with Crippen LogP contribution in [0.25, 0.3) is 0 Å². The minimum atomic E-state index is -3.60. The SMILES string of the molecule is Cc1cc(N)ccc1S(=O)(=O)CC(=O)N(C)C. The Labute approximate surface area is 101 Å². The minimum absolute atomic E-state index is 0.155. The molecular formula is C11H16N2O3S. The summed E-state index contributed by atoms with van der Waals surface area (Å²) in [6.45, 7) is 1.66. The van der Waals surface area contributed by atoms with Gasteiger partial charge in [-0.3, -0.25) is 4.79 Å². The Bertz CT molecular complexity index is 536. The van der Waals surface area contributed by atoms with E-state index in [1.165, 1.54) is 31.1 Å². The van der Waals surface area contributed by atoms with Gasteiger partial charge < -0.3 is 10.6 Å². The first-order valence-corrected chi connectivity index (χ1v) is 6.68. The van der Waals surface area contributed by atoms with Crippen LogP contribution in [0.1, 0.15) is 5.56 Å². The number of carbonyl (C=O) groups excluding carboxylic acids is 1. The second kappa shape index (κ2) is 4.75. The van der Waals surface area contributed by atoms with Crippen molar-refractivity contribution in [2.45, 2.75) is 11.8 Å². The molecule has 0 radical (unpaired) electrons. The Morgan fingerprint density at radius 1 is 1.35 bits per heavy atom. The smallest absolute Gasteiger partial charge is 0.237 e. The number of hydrogen-bond donors (Lipinski definition) is 1. The van der Waals surface area contributed by atoms with Crippen molar-refractivity contribution in [2.75, 3.05) is 25.6 Å². The highest BCUT2D eigenvalue weighted by atomic mass is 32.2. The Morgan fingerprint density at radius 2 is 1.94 bits per heavy atom. The van der Waals surface area contributed by atoms with Crippen LogP contribution in [0.15, 0.2) is 23.1 Å². The maximum atomic E-state index is 12.0. The van der Waals surface area contributed by atoms with Crippen molar-refractivity contribution in [1.82, 2.24) is 4.90 Å². The van der Waals surface area contributed by atoms with Crippen molar-refractivity contribution in [3.8, 4) is 0 Å². The maximum absolute atomic E-state index is 12.0. The van der Waals surface area contributed by atoms with E-state index in [2.05, 4.69) is 0 Å². The predicted molar refractivity (Wildman–Crippen MR) is 66.3 cm³/mol. The molecule has 5 nitrogen and oxygen atoms in total. The Hall–Kier alpha value is -1.56. The topological polar surface area (TPSA) is 80.5 Å². The molecule has 0 saturated carbocycles. The molecule has 17 heavy (non-hydrogen) atoms. The Kier molecular flexibility index (Phi) is 3.77. The highest BCUT2D eigenvalue weighted by molar-refractivity contribution is 7.92. The third kappa shape index (κ3) is 3.20. The van der Waals surface area contributed by atoms with Gasteiger partial charge in [0.15, 0.2) is 9.84 Å². The van der Waals surface area contributed by atoms with Crippen LogP contribution in [0.4, 0.5) is 5.69 Å². The summed E-state index contributed by atoms with van der Waals surface area (Å²) >= 11 is 0. The first kappa shape index (κ1) is 13.5. The number of nitrogens with two attached hydrogens (primary N) is 1. The number of benzene rings is 1. The Morgan fingerprint density at radius 3 is 2.41 bits per heavy atom. The van der Waals surface area contributed by atoms with Crippen molar-refractivity contribution < 1.29 is 13.2 Å². The molecule has 0 unspecified atom stereocenters. The Balaban J connectivity index is 3.10. The van der Waals surface area contributed by atoms with Crippen LogP contribution >= 0.6 is 0 Å². The van der Waals surface area contributed by atoms with Gasteiger partial charge in [0, 0.05) is 19.8 Å². The largest absolute Gasteiger partial charge is 0.399 e. The van der Waals surface area contributed by atoms with Gasteiger partial charge in [0.25, 0.3) is 0 Å². The van der Waals surface area contributed by atoms with E-state index >= 15 is 0 Å². The molecule has 1 aromatic carbocycles. The van der Waals surface area contributed by atoms with Crippen molar-refractivity contribution >= 4 is 21.4 Å². The summed E-state index contributed by atoms with van der Waals surface area (Å²) < 4.78 is 24.0. The summed E-state index contributed by atoms with van der Waals surface area (Å²) in [5.74, 6) is -0.966. The summed E-state index contributed by atoms with van der Waals surface area (Å²) in [7, 11) is -0.556. The summed E-state index contributed by atoms with van der Waals surface area (Å²) in [5, 5.41) is 0. The second-order valence-corrected chi connectivity index (χ2v) is 6.03. The number of hydrogen-bond acceptors (Lipinski definition) is 4. The molecule has 6 heteroatoms. The second-order valence-electron chi connectivity index (χ2n) is 4.07. The number of carbonyl (C=O) groups is 1. The quantitative estimate of drug-likeness (QED) is 0.796. The summed E-state index contributed by atoms with van der Waals surface area (Å²) in [5.41, 5.74) is 6.60. The van der Waals surface area contributed by atoms with E-state index in [1.54, 1.807) is 13.0 Å². The molecule has 0 saturated heterocycles. The first-order valence-electron chi connectivity index (χ1n) is 5.03. The van der Waals surface area contributed by atoms with Gasteiger partial charge in [-0.15, -0.1) is 0 Å². The van der Waals surface area contributed by atoms with Crippen molar-refractivity contribution in [3.63, 3.8) is 0 Å². The molecule has 0 atom stereocenters. The number of sulfone groups is 1. The summed E-state index contributed by atoms with van der Waals surface area (Å²) in [6, 6.07) is 4.52. The number of nitrogens with zero attached hydrogens (tertiary/aromatic N) is 1. The fourth-order valence-electron chi connectivity index (χ4n) is 1.39. The van der Waals surface area contributed by atoms with Crippen LogP contribution in [0.5, 0.6) is 0 Å². The zero-order valence-corrected chi connectivity index (χ0v) is 10.9. The molecule has 94 valence electrons. The predicted octanol–water partition coefficient (Wildman–Crippen LogP) is 0.439. The number of amides is 1. The first-order chi connectivity index (χ1) is 7.74. The molecule has 1 aromatic rings. The third-order valence-corrected chi connectivity index (χ3v) is 4.10. The molecule has 1 amide bonds. The lowest BCUT2D eigenvalue weighted by Gasteiger charge is -2.12. The fourth-order valence-corrected chi connectivity index (χ4v) is 2.95. The average molecular weight is 256 g/mol. The van der Waals surface area contributed by atoms with Gasteiger partial charge in [0.1, 0.15) is 5.75 Å². The molecule has 0 fully saturated rings. The molecule has 0 heterocycles. The normalized spacial score (nSPS) is 11.2. The van der Waals surface area contributed by atoms with Gasteiger partial charge in [-0.2, -0.15) is 0 Å². The highest BCUT2D eigenvalue weighted by Crippen LogP contribution is 2.19. The standard InChI is InChI=1S/C11H16N2O3S/c1-8-6-9(12)4-5-10(8)17(15,16)7-11(14)13(2)3/h4-6H,7,12H2,1-3H3. The van der Waals surface area contributed by atoms with E-state index in [0.717, 1.165) is 0 Å². The third-order valence-electron chi connectivity index (χ3n) is 2.35. The van der Waals surface area contributed by atoms with Crippen LogP contribution in [0.3, 0.4) is 0 Å². The van der Waals surface area contributed by atoms with Crippen molar-refractivity contribution in [1.29, 1.82) is 0 Å². The average Bonchev–Trinajstić information content (AvgIpc) is 2.15. The monoisotopic (exact) mass is 256 g/mol. The highest BCUT2D eigenvalue weighted by Gasteiger charge is 2.22. The van der Waals surface area contributed by atoms with Gasteiger partial charge in [0.2, 0.25) is 5.91 Å². The number of nitrogen functional groups attached to an aromatic ring is 1. The van der Waals surface area contributed by atoms with Crippen LogP contribution < -0.4 is 5.73 Å². The van der Waals surface area contributed by atoms with Gasteiger partial charge in [0.05, 0.1) is 4.90 Å². The van der Waals surface area contributed by atoms with Crippen LogP contribution in [-0.4, -0.2) is 39.1 Å². The lowest BCUT2D eigenvalue weighted by molar-refractivity contribution is -0.125. The fraction of sp³-hybridized carbons (Fsp3) is 0.364. The lowest BCUT2D eigenvalue weighted by atomic mass is 10.2. The maximum Gasteiger partial charge on any atom is 0.237 e. The summed E-state index contributed by atoms with van der Waals surface area (Å²) in [4.78, 5) is 12.8. The number of aryl methyl sites for hydroxylation is 1. The van der Waals surface area contributed by atoms with Crippen molar-refractivity contribution in [3.05, 3.63) is 23.8 Å². The van der Waals surface area contributed by atoms with Gasteiger partial charge >= 0.3 is 0 Å². The molecule has 2 N–H and O–H groups in total. The number of rotatable bonds is 3. The van der Waals surface area contributed by atoms with Gasteiger partial charge in [-0.25, -0.2) is 8.42 Å². The molecule has 0 aliphatic carbocycles. The van der Waals surface area contributed by atoms with E-state index in [4.69, 9.17) is 5.73 Å². The minimum Gasteiger partial charge on any atom is -0.399 e. The van der Waals surface area contributed by atoms with E-state index in [9.17, 15) is 13.2 Å². The molecule has 0 aromatic heterocycles. The van der Waals surface area contributed by atoms with Crippen LogP contribution in [-0.2, 0) is 14.6 Å². The zero-order chi connectivity index (χ0) is 13.2. The van der Waals surface area contributed by atoms with E-state index in [0.29, 0.717) is 11.3 Å². The van der Waals surface area contributed by atoms with E-state index in [-0.39, 0.29) is 4.90 Å². The van der Waals surface area contributed by atoms with Gasteiger partial charge in [-0.05, 0) is 30.7 Å². The summed E-state index contributed by atoms with van der Waals surface area (Å²) in [6.07, 6.45) is 0. The number of anilines is 1. The van der Waals surface area contributed by atoms with Crippen molar-refractivity contribution in [2.24, 2.45) is 0 Å². The van der Waals surface area contributed by atoms with E-state index in [1.807, 2.05) is 0 Å². The van der Waals surface area contributed by atoms with Crippen LogP contribution in [0, 0.1) is 6.92 Å².